The molecule has 0 atom stereocenters. The molecular formula is C29H31N9O5. The Morgan fingerprint density at radius 1 is 1.07 bits per heavy atom. The number of aromatic nitrogens is 5. The van der Waals surface area contributed by atoms with Gasteiger partial charge in [-0.2, -0.15) is 5.10 Å². The zero-order valence-electron chi connectivity index (χ0n) is 23.9. The summed E-state index contributed by atoms with van der Waals surface area (Å²) in [5.74, 6) is -0.396. The summed E-state index contributed by atoms with van der Waals surface area (Å²) in [4.78, 5) is 45.6. The first-order valence-corrected chi connectivity index (χ1v) is 13.5. The van der Waals surface area contributed by atoms with Crippen molar-refractivity contribution in [2.45, 2.75) is 33.4 Å². The highest BCUT2D eigenvalue weighted by molar-refractivity contribution is 6.04. The van der Waals surface area contributed by atoms with E-state index in [9.17, 15) is 14.4 Å². The monoisotopic (exact) mass is 585 g/mol. The van der Waals surface area contributed by atoms with Crippen molar-refractivity contribution in [2.75, 3.05) is 24.3 Å². The molecule has 0 spiro atoms. The first kappa shape index (κ1) is 28.9. The molecular weight excluding hydrogens is 554 g/mol. The highest BCUT2D eigenvalue weighted by Crippen LogP contribution is 2.31. The topological polar surface area (TPSA) is 198 Å². The Kier molecular flexibility index (Phi) is 8.09. The number of nitrogens with zero attached hydrogens (tertiary/aromatic N) is 5. The number of oxazole rings is 1. The van der Waals surface area contributed by atoms with Crippen LogP contribution in [0.1, 0.15) is 50.2 Å². The third kappa shape index (κ3) is 6.02. The third-order valence-electron chi connectivity index (χ3n) is 6.74. The van der Waals surface area contributed by atoms with Gasteiger partial charge in [-0.25, -0.2) is 9.97 Å². The second-order valence-electron chi connectivity index (χ2n) is 9.69. The van der Waals surface area contributed by atoms with Crippen molar-refractivity contribution in [1.82, 2.24) is 24.3 Å². The number of amides is 3. The number of nitrogens with two attached hydrogens (primary N) is 2. The van der Waals surface area contributed by atoms with Crippen molar-refractivity contribution < 1.29 is 23.5 Å². The Balaban J connectivity index is 1.37. The van der Waals surface area contributed by atoms with Gasteiger partial charge in [0.1, 0.15) is 17.0 Å². The number of fused-ring (bicyclic) bond motifs is 1. The van der Waals surface area contributed by atoms with Crippen LogP contribution in [-0.2, 0) is 13.1 Å². The number of nitrogens with one attached hydrogen (secondary N) is 2. The molecule has 5 aromatic rings. The van der Waals surface area contributed by atoms with E-state index in [2.05, 4.69) is 25.7 Å². The Hall–Kier alpha value is -5.66. The van der Waals surface area contributed by atoms with E-state index in [-0.39, 0.29) is 17.4 Å². The fraction of sp³-hybridized carbons (Fsp3) is 0.241. The van der Waals surface area contributed by atoms with Gasteiger partial charge in [-0.05, 0) is 50.6 Å². The fourth-order valence-corrected chi connectivity index (χ4v) is 4.72. The average Bonchev–Trinajstić information content (AvgIpc) is 3.71. The van der Waals surface area contributed by atoms with Crippen LogP contribution in [-0.4, -0.2) is 55.7 Å². The van der Waals surface area contributed by atoms with E-state index in [1.54, 1.807) is 53.3 Å². The predicted octanol–water partition coefficient (Wildman–Crippen LogP) is 3.18. The molecule has 0 saturated heterocycles. The number of methoxy groups -OCH3 is 1. The molecule has 0 aliphatic heterocycles. The number of hydrogen-bond donors (Lipinski definition) is 4. The van der Waals surface area contributed by atoms with E-state index >= 15 is 0 Å². The number of rotatable bonds is 12. The van der Waals surface area contributed by atoms with Gasteiger partial charge < -0.3 is 30.5 Å². The number of hydrogen-bond acceptors (Lipinski definition) is 9. The van der Waals surface area contributed by atoms with Crippen LogP contribution in [0.15, 0.2) is 53.1 Å². The van der Waals surface area contributed by atoms with Crippen molar-refractivity contribution in [1.29, 1.82) is 0 Å². The quantitative estimate of drug-likeness (QED) is 0.159. The van der Waals surface area contributed by atoms with Crippen LogP contribution in [0.25, 0.3) is 22.4 Å². The lowest BCUT2D eigenvalue weighted by atomic mass is 10.1. The zero-order chi connectivity index (χ0) is 30.7. The molecule has 0 saturated carbocycles. The van der Waals surface area contributed by atoms with Gasteiger partial charge in [-0.1, -0.05) is 12.1 Å². The first-order valence-electron chi connectivity index (χ1n) is 13.5. The molecule has 43 heavy (non-hydrogen) atoms. The van der Waals surface area contributed by atoms with E-state index in [0.29, 0.717) is 71.4 Å². The van der Waals surface area contributed by atoms with Crippen LogP contribution >= 0.6 is 0 Å². The summed E-state index contributed by atoms with van der Waals surface area (Å²) in [5.41, 5.74) is 14.3. The van der Waals surface area contributed by atoms with Gasteiger partial charge in [-0.3, -0.25) is 24.4 Å². The summed E-state index contributed by atoms with van der Waals surface area (Å²) in [6, 6.07) is 11.9. The molecule has 0 fully saturated rings. The Bertz CT molecular complexity index is 1840. The maximum Gasteiger partial charge on any atom is 0.295 e. The van der Waals surface area contributed by atoms with Crippen molar-refractivity contribution in [3.8, 4) is 17.1 Å². The lowest BCUT2D eigenvalue weighted by Gasteiger charge is -2.13. The summed E-state index contributed by atoms with van der Waals surface area (Å²) < 4.78 is 14.8. The smallest absolute Gasteiger partial charge is 0.295 e. The summed E-state index contributed by atoms with van der Waals surface area (Å²) in [7, 11) is 1.48. The van der Waals surface area contributed by atoms with E-state index in [1.165, 1.54) is 7.11 Å². The van der Waals surface area contributed by atoms with Gasteiger partial charge in [0.15, 0.2) is 5.76 Å². The van der Waals surface area contributed by atoms with Crippen LogP contribution in [0, 0.1) is 6.92 Å². The first-order chi connectivity index (χ1) is 20.7. The van der Waals surface area contributed by atoms with Gasteiger partial charge >= 0.3 is 0 Å². The maximum absolute atomic E-state index is 13.3. The molecule has 222 valence electrons. The molecule has 14 heteroatoms. The number of ether oxygens (including phenoxy) is 1. The molecule has 3 aromatic heterocycles. The maximum atomic E-state index is 13.3. The number of primary amides is 2. The summed E-state index contributed by atoms with van der Waals surface area (Å²) in [6.07, 6.45) is 2.12. The van der Waals surface area contributed by atoms with Gasteiger partial charge in [-0.15, -0.1) is 0 Å². The standard InChI is InChI=1S/C29H31N9O5/c1-4-38-21(11-16(2)36-38)27(41)35-28-34-20-13-19(26(31)40)14-22(42-3)24(20)37(28)10-6-9-32-29-33-15-23(43-29)17-7-5-8-18(12-17)25(30)39/h5,7-8,11-15H,4,6,9-10H2,1-3H3,(H2,30,39)(H2,31,40)(H,32,33)(H,34,35,41). The van der Waals surface area contributed by atoms with Crippen LogP contribution in [0.3, 0.4) is 0 Å². The molecule has 5 rings (SSSR count). The summed E-state index contributed by atoms with van der Waals surface area (Å²) in [6.45, 7) is 5.10. The molecule has 14 nitrogen and oxygen atoms in total. The highest BCUT2D eigenvalue weighted by atomic mass is 16.5. The van der Waals surface area contributed by atoms with E-state index in [1.807, 2.05) is 18.4 Å². The molecule has 0 aliphatic carbocycles. The molecule has 0 bridgehead atoms. The van der Waals surface area contributed by atoms with E-state index < -0.39 is 11.8 Å². The van der Waals surface area contributed by atoms with Crippen molar-refractivity contribution >= 4 is 40.7 Å². The number of carbonyl (C=O) groups is 3. The zero-order valence-corrected chi connectivity index (χ0v) is 23.9. The van der Waals surface area contributed by atoms with Gasteiger partial charge in [0, 0.05) is 36.3 Å². The minimum Gasteiger partial charge on any atom is -0.494 e. The minimum absolute atomic E-state index is 0.231. The number of imidazole rings is 1. The van der Waals surface area contributed by atoms with E-state index in [4.69, 9.17) is 20.6 Å². The SMILES string of the molecule is CCn1nc(C)cc1C(=O)Nc1nc2cc(C(N)=O)cc(OC)c2n1CCCNc1ncc(-c2cccc(C(N)=O)c2)o1. The van der Waals surface area contributed by atoms with Crippen molar-refractivity contribution in [2.24, 2.45) is 11.5 Å². The number of carbonyl (C=O) groups excluding carboxylic acids is 3. The van der Waals surface area contributed by atoms with Gasteiger partial charge in [0.05, 0.1) is 24.5 Å². The largest absolute Gasteiger partial charge is 0.494 e. The number of aryl methyl sites for hydroxylation is 3. The Morgan fingerprint density at radius 2 is 1.86 bits per heavy atom. The Labute approximate surface area is 246 Å². The lowest BCUT2D eigenvalue weighted by Crippen LogP contribution is -2.20. The second-order valence-corrected chi connectivity index (χ2v) is 9.69. The van der Waals surface area contributed by atoms with Crippen LogP contribution in [0.2, 0.25) is 0 Å². The molecule has 0 aliphatic rings. The third-order valence-corrected chi connectivity index (χ3v) is 6.74. The molecule has 0 radical (unpaired) electrons. The summed E-state index contributed by atoms with van der Waals surface area (Å²) >= 11 is 0. The van der Waals surface area contributed by atoms with Gasteiger partial charge in [0.25, 0.3) is 11.9 Å². The molecule has 6 N–H and O–H groups in total. The van der Waals surface area contributed by atoms with Crippen molar-refractivity contribution in [3.63, 3.8) is 0 Å². The predicted molar refractivity (Wildman–Crippen MR) is 159 cm³/mol. The van der Waals surface area contributed by atoms with Crippen LogP contribution in [0.5, 0.6) is 5.75 Å². The Morgan fingerprint density at radius 3 is 2.58 bits per heavy atom. The fourth-order valence-electron chi connectivity index (χ4n) is 4.72. The lowest BCUT2D eigenvalue weighted by molar-refractivity contribution is 0.0992. The molecule has 3 amide bonds. The molecule has 3 heterocycles. The van der Waals surface area contributed by atoms with Gasteiger partial charge in [0.2, 0.25) is 17.8 Å². The number of benzene rings is 2. The van der Waals surface area contributed by atoms with E-state index in [0.717, 1.165) is 5.69 Å². The summed E-state index contributed by atoms with van der Waals surface area (Å²) in [5, 5.41) is 10.4. The number of anilines is 2. The van der Waals surface area contributed by atoms with Crippen LogP contribution in [0.4, 0.5) is 12.0 Å². The highest BCUT2D eigenvalue weighted by Gasteiger charge is 2.21. The normalized spacial score (nSPS) is 11.0. The average molecular weight is 586 g/mol. The minimum atomic E-state index is -0.626. The second kappa shape index (κ2) is 12.1. The molecule has 2 aromatic carbocycles. The van der Waals surface area contributed by atoms with Crippen LogP contribution < -0.4 is 26.8 Å². The molecule has 0 unspecified atom stereocenters. The van der Waals surface area contributed by atoms with Crippen molar-refractivity contribution in [3.05, 3.63) is 71.2 Å².